The number of thiophene rings is 1. The van der Waals surface area contributed by atoms with E-state index in [1.54, 1.807) is 0 Å². The van der Waals surface area contributed by atoms with E-state index < -0.39 is 6.29 Å². The first-order chi connectivity index (χ1) is 13.7. The first-order valence-corrected chi connectivity index (χ1v) is 11.6. The van der Waals surface area contributed by atoms with Crippen molar-refractivity contribution in [3.8, 4) is 5.75 Å². The maximum Gasteiger partial charge on any atom is 0.262 e. The van der Waals surface area contributed by atoms with Gasteiger partial charge in [0.1, 0.15) is 10.7 Å². The van der Waals surface area contributed by atoms with E-state index in [2.05, 4.69) is 21.2 Å². The number of benzene rings is 1. The summed E-state index contributed by atoms with van der Waals surface area (Å²) in [4.78, 5) is 18.8. The van der Waals surface area contributed by atoms with Crippen LogP contribution in [0.3, 0.4) is 0 Å². The summed E-state index contributed by atoms with van der Waals surface area (Å²) in [5.41, 5.74) is -0.0944. The third-order valence-electron chi connectivity index (χ3n) is 5.09. The van der Waals surface area contributed by atoms with Crippen LogP contribution < -0.4 is 15.6 Å². The second-order valence-electron chi connectivity index (χ2n) is 8.53. The van der Waals surface area contributed by atoms with Gasteiger partial charge in [-0.2, -0.15) is 0 Å². The van der Waals surface area contributed by atoms with E-state index in [-0.39, 0.29) is 11.1 Å². The summed E-state index contributed by atoms with van der Waals surface area (Å²) < 4.78 is 9.30. The number of nitrogens with zero attached hydrogens (tertiary/aromatic N) is 2. The zero-order valence-electron chi connectivity index (χ0n) is 16.9. The van der Waals surface area contributed by atoms with Crippen LogP contribution in [0.15, 0.2) is 21.4 Å². The van der Waals surface area contributed by atoms with Gasteiger partial charge in [-0.05, 0) is 55.6 Å². The van der Waals surface area contributed by atoms with E-state index in [0.29, 0.717) is 17.7 Å². The van der Waals surface area contributed by atoms with Gasteiger partial charge < -0.3 is 15.2 Å². The minimum atomic E-state index is -1.01. The predicted octanol–water partition coefficient (Wildman–Crippen LogP) is 4.19. The molecule has 29 heavy (non-hydrogen) atoms. The summed E-state index contributed by atoms with van der Waals surface area (Å²) in [6, 6.07) is 3.79. The highest BCUT2D eigenvalue weighted by atomic mass is 79.9. The van der Waals surface area contributed by atoms with Crippen LogP contribution in [0.2, 0.25) is 0 Å². The SMILES string of the molecule is CC(C)(C)NC[C@@H](O)Oc1c(Br)ccc2c1sc1nc3n(c(=O)c12)CCCCC3. The maximum atomic E-state index is 13.2. The van der Waals surface area contributed by atoms with Crippen LogP contribution in [0.4, 0.5) is 0 Å². The molecule has 0 aliphatic carbocycles. The number of nitrogens with one attached hydrogen (secondary N) is 1. The average molecular weight is 480 g/mol. The standard InChI is InChI=1S/C21H26BrN3O3S/c1-21(2,3)23-11-15(26)28-17-13(22)9-8-12-16-19(29-18(12)17)24-14-7-5-4-6-10-25(14)20(16)27/h8-9,15,23,26H,4-7,10-11H2,1-3H3/t15-/m0/s1. The lowest BCUT2D eigenvalue weighted by Crippen LogP contribution is -2.42. The largest absolute Gasteiger partial charge is 0.461 e. The lowest BCUT2D eigenvalue weighted by molar-refractivity contribution is -0.0183. The number of aliphatic hydroxyl groups excluding tert-OH is 1. The number of hydrogen-bond acceptors (Lipinski definition) is 6. The van der Waals surface area contributed by atoms with Gasteiger partial charge in [-0.3, -0.25) is 9.36 Å². The summed E-state index contributed by atoms with van der Waals surface area (Å²) in [6.45, 7) is 7.13. The normalized spacial score (nSPS) is 16.0. The highest BCUT2D eigenvalue weighted by molar-refractivity contribution is 9.10. The predicted molar refractivity (Wildman–Crippen MR) is 121 cm³/mol. The molecule has 1 aliphatic heterocycles. The Morgan fingerprint density at radius 1 is 1.34 bits per heavy atom. The van der Waals surface area contributed by atoms with Crippen molar-refractivity contribution in [3.63, 3.8) is 0 Å². The molecule has 0 bridgehead atoms. The first kappa shape index (κ1) is 20.8. The molecule has 156 valence electrons. The van der Waals surface area contributed by atoms with Crippen molar-refractivity contribution in [2.75, 3.05) is 6.54 Å². The van der Waals surface area contributed by atoms with Crippen LogP contribution in [-0.4, -0.2) is 33.0 Å². The Morgan fingerprint density at radius 3 is 2.90 bits per heavy atom. The molecule has 0 amide bonds. The third-order valence-corrected chi connectivity index (χ3v) is 6.81. The number of rotatable bonds is 4. The van der Waals surface area contributed by atoms with Gasteiger partial charge in [-0.15, -0.1) is 11.3 Å². The number of ether oxygens (including phenoxy) is 1. The highest BCUT2D eigenvalue weighted by Crippen LogP contribution is 2.42. The fourth-order valence-electron chi connectivity index (χ4n) is 3.65. The van der Waals surface area contributed by atoms with Crippen LogP contribution in [0.25, 0.3) is 20.3 Å². The van der Waals surface area contributed by atoms with Crippen LogP contribution in [-0.2, 0) is 13.0 Å². The Bertz CT molecular complexity index is 1120. The first-order valence-electron chi connectivity index (χ1n) is 9.99. The average Bonchev–Trinajstić information content (AvgIpc) is 2.85. The highest BCUT2D eigenvalue weighted by Gasteiger charge is 2.22. The van der Waals surface area contributed by atoms with Gasteiger partial charge in [0.15, 0.2) is 5.75 Å². The molecule has 0 unspecified atom stereocenters. The molecule has 0 radical (unpaired) electrons. The second kappa shape index (κ2) is 7.98. The Labute approximate surface area is 182 Å². The molecule has 8 heteroatoms. The number of aryl methyl sites for hydroxylation is 1. The molecule has 0 fully saturated rings. The minimum absolute atomic E-state index is 0.0290. The molecule has 0 saturated carbocycles. The number of β-amino-alcohol motifs (C(OH)–C–C–N with tert-alkyl or cyclic N) is 1. The number of aromatic nitrogens is 2. The van der Waals surface area contributed by atoms with Gasteiger partial charge in [0.25, 0.3) is 5.56 Å². The second-order valence-corrected chi connectivity index (χ2v) is 10.4. The molecule has 4 rings (SSSR count). The fourth-order valence-corrected chi connectivity index (χ4v) is 5.38. The molecule has 2 N–H and O–H groups in total. The summed E-state index contributed by atoms with van der Waals surface area (Å²) in [5.74, 6) is 1.43. The molecule has 1 aliphatic rings. The maximum absolute atomic E-state index is 13.2. The van der Waals surface area contributed by atoms with Gasteiger partial charge in [-0.1, -0.05) is 12.5 Å². The van der Waals surface area contributed by atoms with Crippen molar-refractivity contribution in [2.45, 2.75) is 64.8 Å². The van der Waals surface area contributed by atoms with Crippen LogP contribution in [0.1, 0.15) is 45.9 Å². The van der Waals surface area contributed by atoms with Gasteiger partial charge in [0.05, 0.1) is 21.1 Å². The van der Waals surface area contributed by atoms with E-state index in [4.69, 9.17) is 9.72 Å². The molecule has 6 nitrogen and oxygen atoms in total. The molecular weight excluding hydrogens is 454 g/mol. The molecule has 1 aromatic carbocycles. The Balaban J connectivity index is 1.79. The zero-order valence-corrected chi connectivity index (χ0v) is 19.3. The lowest BCUT2D eigenvalue weighted by Gasteiger charge is -2.23. The van der Waals surface area contributed by atoms with Gasteiger partial charge in [0.2, 0.25) is 6.29 Å². The summed E-state index contributed by atoms with van der Waals surface area (Å²) in [5, 5.41) is 15.1. The topological polar surface area (TPSA) is 76.4 Å². The van der Waals surface area contributed by atoms with Gasteiger partial charge >= 0.3 is 0 Å². The van der Waals surface area contributed by atoms with E-state index in [9.17, 15) is 9.90 Å². The van der Waals surface area contributed by atoms with Crippen LogP contribution >= 0.6 is 27.3 Å². The number of hydrogen-bond donors (Lipinski definition) is 2. The number of halogens is 1. The minimum Gasteiger partial charge on any atom is -0.461 e. The van der Waals surface area contributed by atoms with Crippen molar-refractivity contribution in [1.29, 1.82) is 0 Å². The molecular formula is C21H26BrN3O3S. The van der Waals surface area contributed by atoms with Crippen molar-refractivity contribution in [1.82, 2.24) is 14.9 Å². The third kappa shape index (κ3) is 4.21. The Kier molecular flexibility index (Phi) is 5.72. The fraction of sp³-hybridized carbons (Fsp3) is 0.524. The molecule has 3 heterocycles. The number of aliphatic hydroxyl groups is 1. The van der Waals surface area contributed by atoms with Crippen molar-refractivity contribution < 1.29 is 9.84 Å². The van der Waals surface area contributed by atoms with E-state index in [1.165, 1.54) is 11.3 Å². The summed E-state index contributed by atoms with van der Waals surface area (Å²) >= 11 is 4.99. The van der Waals surface area contributed by atoms with Gasteiger partial charge in [-0.25, -0.2) is 4.98 Å². The molecule has 0 spiro atoms. The van der Waals surface area contributed by atoms with Gasteiger partial charge in [0, 0.05) is 23.9 Å². The van der Waals surface area contributed by atoms with Crippen LogP contribution in [0, 0.1) is 0 Å². The van der Waals surface area contributed by atoms with E-state index >= 15 is 0 Å². The molecule has 3 aromatic rings. The molecule has 1 atom stereocenters. The quantitative estimate of drug-likeness (QED) is 0.548. The van der Waals surface area contributed by atoms with Crippen molar-refractivity contribution >= 4 is 47.6 Å². The molecule has 2 aromatic heterocycles. The lowest BCUT2D eigenvalue weighted by atomic mass is 10.1. The summed E-state index contributed by atoms with van der Waals surface area (Å²) in [7, 11) is 0. The van der Waals surface area contributed by atoms with Crippen LogP contribution in [0.5, 0.6) is 5.75 Å². The molecule has 0 saturated heterocycles. The smallest absolute Gasteiger partial charge is 0.262 e. The van der Waals surface area contributed by atoms with Crippen molar-refractivity contribution in [3.05, 3.63) is 32.8 Å². The Hall–Kier alpha value is -1.48. The number of fused-ring (bicyclic) bond motifs is 4. The monoisotopic (exact) mass is 479 g/mol. The van der Waals surface area contributed by atoms with E-state index in [1.807, 2.05) is 37.5 Å². The van der Waals surface area contributed by atoms with E-state index in [0.717, 1.165) is 57.4 Å². The Morgan fingerprint density at radius 2 is 2.14 bits per heavy atom. The summed E-state index contributed by atoms with van der Waals surface area (Å²) in [6.07, 6.45) is 3.03. The zero-order chi connectivity index (χ0) is 20.8. The van der Waals surface area contributed by atoms with Crippen molar-refractivity contribution in [2.24, 2.45) is 0 Å².